The first kappa shape index (κ1) is 23.2. The highest BCUT2D eigenvalue weighted by atomic mass is 16.5. The molecule has 0 aromatic heterocycles. The zero-order valence-corrected chi connectivity index (χ0v) is 18.5. The van der Waals surface area contributed by atoms with Crippen molar-refractivity contribution in [1.82, 2.24) is 4.90 Å². The van der Waals surface area contributed by atoms with Gasteiger partial charge in [-0.05, 0) is 35.7 Å². The van der Waals surface area contributed by atoms with Gasteiger partial charge in [-0.15, -0.1) is 0 Å². The number of carbonyl (C=O) groups is 2. The SMILES string of the molecule is CCCCOc1ccc(C(=O)CN(Cc2ccccc2)Cc2ccccc2)cc1C(N)=O. The standard InChI is InChI=1S/C27H30N2O3/c1-2-3-16-32-26-15-14-23(17-24(26)27(28)31)25(30)20-29(18-21-10-6-4-7-11-21)19-22-12-8-5-9-13-22/h4-15,17H,2-3,16,18-20H2,1H3,(H2,28,31). The molecule has 0 heterocycles. The van der Waals surface area contributed by atoms with Crippen molar-refractivity contribution in [2.45, 2.75) is 32.9 Å². The van der Waals surface area contributed by atoms with Crippen molar-refractivity contribution >= 4 is 11.7 Å². The van der Waals surface area contributed by atoms with E-state index in [1.807, 2.05) is 36.4 Å². The van der Waals surface area contributed by atoms with Gasteiger partial charge in [0.05, 0.1) is 18.7 Å². The van der Waals surface area contributed by atoms with Gasteiger partial charge in [0, 0.05) is 18.7 Å². The quantitative estimate of drug-likeness (QED) is 0.329. The van der Waals surface area contributed by atoms with E-state index in [1.165, 1.54) is 0 Å². The first-order valence-electron chi connectivity index (χ1n) is 11.0. The number of primary amides is 1. The first-order valence-corrected chi connectivity index (χ1v) is 11.0. The van der Waals surface area contributed by atoms with Gasteiger partial charge in [-0.3, -0.25) is 14.5 Å². The van der Waals surface area contributed by atoms with Crippen LogP contribution in [-0.2, 0) is 13.1 Å². The molecule has 0 atom stereocenters. The van der Waals surface area contributed by atoms with Gasteiger partial charge in [-0.1, -0.05) is 74.0 Å². The fourth-order valence-corrected chi connectivity index (χ4v) is 3.49. The lowest BCUT2D eigenvalue weighted by molar-refractivity contribution is 0.0920. The van der Waals surface area contributed by atoms with Gasteiger partial charge in [0.25, 0.3) is 5.91 Å². The second-order valence-corrected chi connectivity index (χ2v) is 7.82. The number of hydrogen-bond acceptors (Lipinski definition) is 4. The van der Waals surface area contributed by atoms with Gasteiger partial charge in [0.1, 0.15) is 5.75 Å². The third-order valence-corrected chi connectivity index (χ3v) is 5.19. The average Bonchev–Trinajstić information content (AvgIpc) is 2.80. The highest BCUT2D eigenvalue weighted by Gasteiger charge is 2.17. The molecule has 32 heavy (non-hydrogen) atoms. The zero-order chi connectivity index (χ0) is 22.8. The summed E-state index contributed by atoms with van der Waals surface area (Å²) >= 11 is 0. The maximum atomic E-state index is 13.1. The molecule has 0 aliphatic heterocycles. The Morgan fingerprint density at radius 1 is 0.875 bits per heavy atom. The Balaban J connectivity index is 1.78. The lowest BCUT2D eigenvalue weighted by Gasteiger charge is -2.22. The molecule has 0 unspecified atom stereocenters. The maximum absolute atomic E-state index is 13.1. The smallest absolute Gasteiger partial charge is 0.252 e. The van der Waals surface area contributed by atoms with Crippen LogP contribution in [0.1, 0.15) is 51.6 Å². The molecule has 0 aliphatic rings. The molecule has 5 nitrogen and oxygen atoms in total. The Morgan fingerprint density at radius 3 is 2.00 bits per heavy atom. The van der Waals surface area contributed by atoms with Crippen LogP contribution in [-0.4, -0.2) is 29.7 Å². The number of unbranched alkanes of at least 4 members (excludes halogenated alkanes) is 1. The van der Waals surface area contributed by atoms with Crippen LogP contribution in [0.4, 0.5) is 0 Å². The van der Waals surface area contributed by atoms with Gasteiger partial charge >= 0.3 is 0 Å². The van der Waals surface area contributed by atoms with Crippen LogP contribution >= 0.6 is 0 Å². The number of amides is 1. The Bertz CT molecular complexity index is 978. The number of carbonyl (C=O) groups excluding carboxylic acids is 2. The molecule has 1 amide bonds. The molecule has 2 N–H and O–H groups in total. The summed E-state index contributed by atoms with van der Waals surface area (Å²) in [5.41, 5.74) is 8.51. The molecule has 0 spiro atoms. The number of nitrogens with two attached hydrogens (primary N) is 1. The number of rotatable bonds is 12. The average molecular weight is 431 g/mol. The monoisotopic (exact) mass is 430 g/mol. The van der Waals surface area contributed by atoms with E-state index in [1.54, 1.807) is 18.2 Å². The van der Waals surface area contributed by atoms with E-state index >= 15 is 0 Å². The summed E-state index contributed by atoms with van der Waals surface area (Å²) in [5.74, 6) is -0.246. The fraction of sp³-hybridized carbons (Fsp3) is 0.259. The largest absolute Gasteiger partial charge is 0.493 e. The minimum atomic E-state index is -0.600. The molecule has 166 valence electrons. The molecule has 3 aromatic carbocycles. The summed E-state index contributed by atoms with van der Waals surface area (Å²) < 4.78 is 5.69. The third-order valence-electron chi connectivity index (χ3n) is 5.19. The van der Waals surface area contributed by atoms with Crippen LogP contribution in [0.15, 0.2) is 78.9 Å². The van der Waals surface area contributed by atoms with Crippen LogP contribution in [0, 0.1) is 0 Å². The number of benzene rings is 3. The van der Waals surface area contributed by atoms with Crippen LogP contribution < -0.4 is 10.5 Å². The van der Waals surface area contributed by atoms with Crippen LogP contribution in [0.2, 0.25) is 0 Å². The summed E-state index contributed by atoms with van der Waals surface area (Å²) in [5, 5.41) is 0. The van der Waals surface area contributed by atoms with Crippen molar-refractivity contribution in [1.29, 1.82) is 0 Å². The van der Waals surface area contributed by atoms with Gasteiger partial charge in [-0.2, -0.15) is 0 Å². The lowest BCUT2D eigenvalue weighted by atomic mass is 10.0. The maximum Gasteiger partial charge on any atom is 0.252 e. The van der Waals surface area contributed by atoms with Gasteiger partial charge in [0.15, 0.2) is 5.78 Å². The normalized spacial score (nSPS) is 10.8. The topological polar surface area (TPSA) is 72.6 Å². The molecule has 0 fully saturated rings. The highest BCUT2D eigenvalue weighted by Crippen LogP contribution is 2.21. The molecule has 3 aromatic rings. The van der Waals surface area contributed by atoms with E-state index in [9.17, 15) is 9.59 Å². The van der Waals surface area contributed by atoms with Crippen molar-refractivity contribution in [2.24, 2.45) is 5.73 Å². The Labute approximate surface area is 189 Å². The van der Waals surface area contributed by atoms with Gasteiger partial charge in [0.2, 0.25) is 0 Å². The Kier molecular flexibility index (Phi) is 8.58. The summed E-state index contributed by atoms with van der Waals surface area (Å²) in [6.07, 6.45) is 1.87. The number of hydrogen-bond donors (Lipinski definition) is 1. The van der Waals surface area contributed by atoms with Gasteiger partial charge in [-0.25, -0.2) is 0 Å². The number of ketones is 1. The zero-order valence-electron chi connectivity index (χ0n) is 18.5. The van der Waals surface area contributed by atoms with E-state index in [0.29, 0.717) is 31.0 Å². The third kappa shape index (κ3) is 6.79. The van der Waals surface area contributed by atoms with Crippen LogP contribution in [0.5, 0.6) is 5.75 Å². The summed E-state index contributed by atoms with van der Waals surface area (Å²) in [6, 6.07) is 25.1. The molecule has 0 bridgehead atoms. The first-order chi connectivity index (χ1) is 15.6. The second-order valence-electron chi connectivity index (χ2n) is 7.82. The summed E-state index contributed by atoms with van der Waals surface area (Å²) in [4.78, 5) is 27.2. The van der Waals surface area contributed by atoms with Crippen molar-refractivity contribution in [3.05, 3.63) is 101 Å². The lowest BCUT2D eigenvalue weighted by Crippen LogP contribution is -2.29. The number of Topliss-reactive ketones (excluding diaryl/α,β-unsaturated/α-hetero) is 1. The molecular formula is C27H30N2O3. The molecule has 0 saturated carbocycles. The van der Waals surface area contributed by atoms with Crippen molar-refractivity contribution < 1.29 is 14.3 Å². The van der Waals surface area contributed by atoms with E-state index < -0.39 is 5.91 Å². The Morgan fingerprint density at radius 2 is 1.47 bits per heavy atom. The minimum absolute atomic E-state index is 0.0699. The van der Waals surface area contributed by atoms with Crippen LogP contribution in [0.25, 0.3) is 0 Å². The number of nitrogens with zero attached hydrogens (tertiary/aromatic N) is 1. The van der Waals surface area contributed by atoms with Crippen molar-refractivity contribution in [3.63, 3.8) is 0 Å². The van der Waals surface area contributed by atoms with Gasteiger partial charge < -0.3 is 10.5 Å². The molecular weight excluding hydrogens is 400 g/mol. The van der Waals surface area contributed by atoms with Crippen LogP contribution in [0.3, 0.4) is 0 Å². The van der Waals surface area contributed by atoms with E-state index in [-0.39, 0.29) is 17.9 Å². The molecule has 0 radical (unpaired) electrons. The highest BCUT2D eigenvalue weighted by molar-refractivity contribution is 6.02. The molecule has 5 heteroatoms. The summed E-state index contributed by atoms with van der Waals surface area (Å²) in [6.45, 7) is 4.07. The second kappa shape index (κ2) is 11.8. The molecule has 0 aliphatic carbocycles. The Hall–Kier alpha value is -3.44. The predicted molar refractivity (Wildman–Crippen MR) is 127 cm³/mol. The molecule has 3 rings (SSSR count). The van der Waals surface area contributed by atoms with Crippen molar-refractivity contribution in [3.8, 4) is 5.75 Å². The van der Waals surface area contributed by atoms with E-state index in [2.05, 4.69) is 36.1 Å². The summed E-state index contributed by atoms with van der Waals surface area (Å²) in [7, 11) is 0. The van der Waals surface area contributed by atoms with E-state index in [4.69, 9.17) is 10.5 Å². The number of ether oxygens (including phenoxy) is 1. The van der Waals surface area contributed by atoms with E-state index in [0.717, 1.165) is 24.0 Å². The fourth-order valence-electron chi connectivity index (χ4n) is 3.49. The van der Waals surface area contributed by atoms with Crippen molar-refractivity contribution in [2.75, 3.05) is 13.2 Å². The molecule has 0 saturated heterocycles. The predicted octanol–water partition coefficient (Wildman–Crippen LogP) is 4.85. The minimum Gasteiger partial charge on any atom is -0.493 e.